The third-order valence-electron chi connectivity index (χ3n) is 3.32. The lowest BCUT2D eigenvalue weighted by Crippen LogP contribution is -2.17. The van der Waals surface area contributed by atoms with Gasteiger partial charge in [0.25, 0.3) is 0 Å². The highest BCUT2D eigenvalue weighted by atomic mass is 32.2. The number of nitrogens with one attached hydrogen (secondary N) is 1. The summed E-state index contributed by atoms with van der Waals surface area (Å²) in [5, 5.41) is 13.8. The van der Waals surface area contributed by atoms with Crippen molar-refractivity contribution in [1.82, 2.24) is 5.32 Å². The average molecular weight is 295 g/mol. The maximum atomic E-state index is 10.6. The molecule has 0 radical (unpaired) electrons. The first-order chi connectivity index (χ1) is 9.07. The molecule has 2 nitrogen and oxygen atoms in total. The maximum absolute atomic E-state index is 10.6. The van der Waals surface area contributed by atoms with Gasteiger partial charge >= 0.3 is 0 Å². The van der Waals surface area contributed by atoms with E-state index < -0.39 is 0 Å². The summed E-state index contributed by atoms with van der Waals surface area (Å²) in [6.45, 7) is 13.9. The van der Waals surface area contributed by atoms with E-state index in [4.69, 9.17) is 0 Å². The number of hydrogen-bond donors (Lipinski definition) is 2. The minimum absolute atomic E-state index is 0.0519. The van der Waals surface area contributed by atoms with Gasteiger partial charge in [-0.1, -0.05) is 41.5 Å². The monoisotopic (exact) mass is 295 g/mol. The zero-order valence-electron chi connectivity index (χ0n) is 13.9. The Morgan fingerprint density at radius 3 is 1.80 bits per heavy atom. The first-order valence-corrected chi connectivity index (χ1v) is 8.21. The van der Waals surface area contributed by atoms with Gasteiger partial charge in [-0.2, -0.15) is 0 Å². The van der Waals surface area contributed by atoms with Crippen molar-refractivity contribution in [3.63, 3.8) is 0 Å². The number of hydrogen-bond acceptors (Lipinski definition) is 3. The number of rotatable bonds is 4. The Morgan fingerprint density at radius 1 is 1.00 bits per heavy atom. The third kappa shape index (κ3) is 4.42. The topological polar surface area (TPSA) is 32.3 Å². The fourth-order valence-corrected chi connectivity index (χ4v) is 3.05. The highest BCUT2D eigenvalue weighted by molar-refractivity contribution is 7.99. The fraction of sp³-hybridized carbons (Fsp3) is 0.647. The molecule has 20 heavy (non-hydrogen) atoms. The third-order valence-corrected chi connectivity index (χ3v) is 4.30. The molecule has 3 heteroatoms. The van der Waals surface area contributed by atoms with Crippen LogP contribution in [0.3, 0.4) is 0 Å². The van der Waals surface area contributed by atoms with E-state index in [0.717, 1.165) is 23.4 Å². The van der Waals surface area contributed by atoms with Crippen molar-refractivity contribution in [2.45, 2.75) is 57.3 Å². The Bertz CT molecular complexity index is 420. The average Bonchev–Trinajstić information content (AvgIpc) is 2.28. The smallest absolute Gasteiger partial charge is 0.123 e. The summed E-state index contributed by atoms with van der Waals surface area (Å²) in [5.74, 6) is 1.50. The van der Waals surface area contributed by atoms with E-state index in [1.807, 2.05) is 18.8 Å². The summed E-state index contributed by atoms with van der Waals surface area (Å²) in [6, 6.07) is 4.29. The SMILES string of the molecule is CNCCSc1cc(C(C)(C)C)c(O)c(C(C)(C)C)c1. The lowest BCUT2D eigenvalue weighted by Gasteiger charge is -2.28. The van der Waals surface area contributed by atoms with Gasteiger partial charge in [0.15, 0.2) is 0 Å². The number of phenols is 1. The van der Waals surface area contributed by atoms with Gasteiger partial charge in [0.2, 0.25) is 0 Å². The quantitative estimate of drug-likeness (QED) is 0.641. The number of thioether (sulfide) groups is 1. The van der Waals surface area contributed by atoms with Crippen molar-refractivity contribution >= 4 is 11.8 Å². The van der Waals surface area contributed by atoms with Crippen LogP contribution in [0, 0.1) is 0 Å². The summed E-state index contributed by atoms with van der Waals surface area (Å²) in [4.78, 5) is 1.24. The molecule has 0 amide bonds. The molecule has 2 N–H and O–H groups in total. The minimum atomic E-state index is -0.0519. The predicted octanol–water partition coefficient (Wildman–Crippen LogP) is 4.30. The van der Waals surface area contributed by atoms with Crippen LogP contribution in [-0.2, 0) is 10.8 Å². The Kier molecular flexibility index (Phi) is 5.56. The molecule has 0 heterocycles. The van der Waals surface area contributed by atoms with Crippen LogP contribution in [0.1, 0.15) is 52.7 Å². The van der Waals surface area contributed by atoms with Crippen LogP contribution in [0.25, 0.3) is 0 Å². The molecule has 1 rings (SSSR count). The molecule has 0 spiro atoms. The summed E-state index contributed by atoms with van der Waals surface area (Å²) in [6.07, 6.45) is 0. The molecule has 0 aliphatic heterocycles. The number of phenolic OH excluding ortho intramolecular Hbond substituents is 1. The van der Waals surface area contributed by atoms with Crippen molar-refractivity contribution < 1.29 is 5.11 Å². The molecule has 0 unspecified atom stereocenters. The molecule has 0 aliphatic rings. The van der Waals surface area contributed by atoms with E-state index >= 15 is 0 Å². The van der Waals surface area contributed by atoms with E-state index in [0.29, 0.717) is 5.75 Å². The first kappa shape index (κ1) is 17.4. The van der Waals surface area contributed by atoms with Gasteiger partial charge in [-0.3, -0.25) is 0 Å². The van der Waals surface area contributed by atoms with Crippen molar-refractivity contribution in [3.05, 3.63) is 23.3 Å². The zero-order chi connectivity index (χ0) is 15.6. The second kappa shape index (κ2) is 6.40. The van der Waals surface area contributed by atoms with Crippen molar-refractivity contribution in [3.8, 4) is 5.75 Å². The fourth-order valence-electron chi connectivity index (χ4n) is 2.11. The van der Waals surface area contributed by atoms with Crippen molar-refractivity contribution in [2.24, 2.45) is 0 Å². The second-order valence-electron chi connectivity index (χ2n) is 7.32. The largest absolute Gasteiger partial charge is 0.507 e. The Labute approximate surface area is 128 Å². The first-order valence-electron chi connectivity index (χ1n) is 7.22. The van der Waals surface area contributed by atoms with E-state index in [9.17, 15) is 5.11 Å². The lowest BCUT2D eigenvalue weighted by atomic mass is 9.79. The van der Waals surface area contributed by atoms with Crippen molar-refractivity contribution in [1.29, 1.82) is 0 Å². The van der Waals surface area contributed by atoms with Gasteiger partial charge in [0.1, 0.15) is 5.75 Å². The van der Waals surface area contributed by atoms with Crippen LogP contribution in [0.5, 0.6) is 5.75 Å². The van der Waals surface area contributed by atoms with Crippen LogP contribution in [0.4, 0.5) is 0 Å². The van der Waals surface area contributed by atoms with Crippen LogP contribution in [0.2, 0.25) is 0 Å². The zero-order valence-corrected chi connectivity index (χ0v) is 14.7. The van der Waals surface area contributed by atoms with Crippen LogP contribution in [-0.4, -0.2) is 24.5 Å². The molecule has 114 valence electrons. The van der Waals surface area contributed by atoms with Crippen molar-refractivity contribution in [2.75, 3.05) is 19.3 Å². The molecule has 0 saturated heterocycles. The van der Waals surface area contributed by atoms with E-state index in [2.05, 4.69) is 59.0 Å². The molecule has 0 bridgehead atoms. The summed E-state index contributed by atoms with van der Waals surface area (Å²) >= 11 is 1.84. The second-order valence-corrected chi connectivity index (χ2v) is 8.49. The van der Waals surface area contributed by atoms with Crippen LogP contribution in [0.15, 0.2) is 17.0 Å². The standard InChI is InChI=1S/C17H29NOS/c1-16(2,3)13-10-12(20-9-8-18-7)11-14(15(13)19)17(4,5)6/h10-11,18-19H,8-9H2,1-7H3. The lowest BCUT2D eigenvalue weighted by molar-refractivity contribution is 0.422. The van der Waals surface area contributed by atoms with Crippen LogP contribution >= 0.6 is 11.8 Å². The highest BCUT2D eigenvalue weighted by Crippen LogP contribution is 2.41. The molecular formula is C17H29NOS. The molecule has 1 aromatic rings. The summed E-state index contributed by atoms with van der Waals surface area (Å²) < 4.78 is 0. The van der Waals surface area contributed by atoms with Gasteiger partial charge in [-0.15, -0.1) is 11.8 Å². The van der Waals surface area contributed by atoms with Gasteiger partial charge < -0.3 is 10.4 Å². The number of benzene rings is 1. The predicted molar refractivity (Wildman–Crippen MR) is 90.2 cm³/mol. The van der Waals surface area contributed by atoms with Gasteiger partial charge in [-0.25, -0.2) is 0 Å². The Balaban J connectivity index is 3.28. The molecule has 0 aliphatic carbocycles. The normalized spacial score (nSPS) is 12.8. The summed E-state index contributed by atoms with van der Waals surface area (Å²) in [7, 11) is 1.97. The molecule has 0 atom stereocenters. The van der Waals surface area contributed by atoms with Gasteiger partial charge in [0, 0.05) is 28.3 Å². The molecule has 0 saturated carbocycles. The number of aromatic hydroxyl groups is 1. The van der Waals surface area contributed by atoms with E-state index in [-0.39, 0.29) is 10.8 Å². The highest BCUT2D eigenvalue weighted by Gasteiger charge is 2.26. The van der Waals surface area contributed by atoms with E-state index in [1.165, 1.54) is 4.90 Å². The van der Waals surface area contributed by atoms with Gasteiger partial charge in [-0.05, 0) is 30.0 Å². The maximum Gasteiger partial charge on any atom is 0.123 e. The van der Waals surface area contributed by atoms with Gasteiger partial charge in [0.05, 0.1) is 0 Å². The van der Waals surface area contributed by atoms with E-state index in [1.54, 1.807) is 0 Å². The van der Waals surface area contributed by atoms with Crippen LogP contribution < -0.4 is 5.32 Å². The minimum Gasteiger partial charge on any atom is -0.507 e. The molecular weight excluding hydrogens is 266 g/mol. The summed E-state index contributed by atoms with van der Waals surface area (Å²) in [5.41, 5.74) is 1.97. The molecule has 1 aromatic carbocycles. The Morgan fingerprint density at radius 2 is 1.45 bits per heavy atom. The molecule has 0 aromatic heterocycles. The molecule has 0 fully saturated rings. The Hall–Kier alpha value is -0.670.